The van der Waals surface area contributed by atoms with Crippen molar-refractivity contribution < 1.29 is 8.42 Å². The minimum absolute atomic E-state index is 0.165. The Kier molecular flexibility index (Phi) is 3.40. The van der Waals surface area contributed by atoms with E-state index in [1.807, 2.05) is 20.8 Å². The van der Waals surface area contributed by atoms with E-state index in [9.17, 15) is 8.42 Å². The first-order valence-electron chi connectivity index (χ1n) is 3.13. The van der Waals surface area contributed by atoms with Gasteiger partial charge in [0.15, 0.2) is 0 Å². The molecule has 0 spiro atoms. The van der Waals surface area contributed by atoms with E-state index >= 15 is 0 Å². The predicted octanol–water partition coefficient (Wildman–Crippen LogP) is 1.60. The lowest BCUT2D eigenvalue weighted by Gasteiger charge is -2.06. The average molecular weight is 195 g/mol. The second-order valence-corrected chi connectivity index (χ2v) is 6.01. The van der Waals surface area contributed by atoms with Gasteiger partial charge < -0.3 is 0 Å². The molecule has 0 aromatic heterocycles. The van der Waals surface area contributed by atoms with Crippen LogP contribution in [-0.4, -0.2) is 14.2 Å². The SMILES string of the molecule is CC(C)(C)C#CCS(=O)(=O)Cl. The van der Waals surface area contributed by atoms with Gasteiger partial charge in [0.2, 0.25) is 9.05 Å². The molecule has 0 rings (SSSR count). The van der Waals surface area contributed by atoms with Crippen molar-refractivity contribution in [1.82, 2.24) is 0 Å². The molecule has 0 bridgehead atoms. The zero-order chi connectivity index (χ0) is 9.12. The molecule has 0 radical (unpaired) electrons. The number of halogens is 1. The van der Waals surface area contributed by atoms with Crippen molar-refractivity contribution in [1.29, 1.82) is 0 Å². The van der Waals surface area contributed by atoms with E-state index in [0.717, 1.165) is 0 Å². The van der Waals surface area contributed by atoms with Gasteiger partial charge >= 0.3 is 0 Å². The summed E-state index contributed by atoms with van der Waals surface area (Å²) in [4.78, 5) is 0. The van der Waals surface area contributed by atoms with E-state index in [0.29, 0.717) is 0 Å². The third kappa shape index (κ3) is 9.80. The third-order valence-electron chi connectivity index (χ3n) is 0.708. The van der Waals surface area contributed by atoms with Gasteiger partial charge in [-0.1, -0.05) is 11.8 Å². The minimum Gasteiger partial charge on any atom is -0.211 e. The van der Waals surface area contributed by atoms with Crippen molar-refractivity contribution in [2.24, 2.45) is 5.41 Å². The van der Waals surface area contributed by atoms with Crippen molar-refractivity contribution >= 4 is 19.7 Å². The maximum Gasteiger partial charge on any atom is 0.243 e. The summed E-state index contributed by atoms with van der Waals surface area (Å²) in [6.45, 7) is 5.71. The summed E-state index contributed by atoms with van der Waals surface area (Å²) in [6.07, 6.45) is 0. The van der Waals surface area contributed by atoms with Gasteiger partial charge in [-0.2, -0.15) is 0 Å². The maximum absolute atomic E-state index is 10.4. The molecule has 11 heavy (non-hydrogen) atoms. The van der Waals surface area contributed by atoms with E-state index in [4.69, 9.17) is 10.7 Å². The highest BCUT2D eigenvalue weighted by atomic mass is 35.7. The highest BCUT2D eigenvalue weighted by Crippen LogP contribution is 2.09. The number of hydrogen-bond acceptors (Lipinski definition) is 2. The highest BCUT2D eigenvalue weighted by molar-refractivity contribution is 8.13. The summed E-state index contributed by atoms with van der Waals surface area (Å²) < 4.78 is 20.8. The standard InChI is InChI=1S/C7H11ClO2S/c1-7(2,3)5-4-6-11(8,9)10/h6H2,1-3H3. The van der Waals surface area contributed by atoms with Gasteiger partial charge in [-0.3, -0.25) is 0 Å². The summed E-state index contributed by atoms with van der Waals surface area (Å²) in [5, 5.41) is 0. The van der Waals surface area contributed by atoms with Crippen LogP contribution in [0.4, 0.5) is 0 Å². The Labute approximate surface area is 72.4 Å². The third-order valence-corrected chi connectivity index (χ3v) is 1.52. The molecule has 0 heterocycles. The summed E-state index contributed by atoms with van der Waals surface area (Å²) >= 11 is 0. The molecule has 0 aromatic carbocycles. The van der Waals surface area contributed by atoms with E-state index in [2.05, 4.69) is 11.8 Å². The lowest BCUT2D eigenvalue weighted by atomic mass is 9.98. The zero-order valence-corrected chi connectivity index (χ0v) is 8.38. The number of hydrogen-bond donors (Lipinski definition) is 0. The van der Waals surface area contributed by atoms with Crippen LogP contribution in [0.3, 0.4) is 0 Å². The molecule has 0 N–H and O–H groups in total. The van der Waals surface area contributed by atoms with E-state index in [1.54, 1.807) is 0 Å². The van der Waals surface area contributed by atoms with Crippen molar-refractivity contribution in [3.63, 3.8) is 0 Å². The van der Waals surface area contributed by atoms with Gasteiger partial charge in [-0.05, 0) is 20.8 Å². The van der Waals surface area contributed by atoms with Crippen LogP contribution in [0.5, 0.6) is 0 Å². The Morgan fingerprint density at radius 2 is 1.82 bits per heavy atom. The maximum atomic E-state index is 10.4. The quantitative estimate of drug-likeness (QED) is 0.470. The first-order valence-corrected chi connectivity index (χ1v) is 5.61. The molecule has 2 nitrogen and oxygen atoms in total. The van der Waals surface area contributed by atoms with Gasteiger partial charge in [0.05, 0.1) is 0 Å². The lowest BCUT2D eigenvalue weighted by molar-refractivity contribution is 0.570. The van der Waals surface area contributed by atoms with Gasteiger partial charge in [-0.15, -0.1) is 0 Å². The van der Waals surface area contributed by atoms with Crippen LogP contribution in [0.1, 0.15) is 20.8 Å². The van der Waals surface area contributed by atoms with Crippen LogP contribution in [0.15, 0.2) is 0 Å². The van der Waals surface area contributed by atoms with Crippen LogP contribution in [0.2, 0.25) is 0 Å². The average Bonchev–Trinajstić information content (AvgIpc) is 1.55. The molecule has 0 saturated heterocycles. The summed E-state index contributed by atoms with van der Waals surface area (Å²) in [7, 11) is 1.48. The minimum atomic E-state index is -3.45. The molecule has 0 fully saturated rings. The largest absolute Gasteiger partial charge is 0.243 e. The Hall–Kier alpha value is -0.200. The molecule has 4 heteroatoms. The normalized spacial score (nSPS) is 12.0. The van der Waals surface area contributed by atoms with E-state index in [1.165, 1.54) is 0 Å². The Morgan fingerprint density at radius 1 is 1.36 bits per heavy atom. The van der Waals surface area contributed by atoms with E-state index in [-0.39, 0.29) is 11.2 Å². The predicted molar refractivity (Wildman–Crippen MR) is 46.9 cm³/mol. The van der Waals surface area contributed by atoms with Crippen LogP contribution >= 0.6 is 10.7 Å². The molecular formula is C7H11ClO2S. The van der Waals surface area contributed by atoms with E-state index < -0.39 is 9.05 Å². The molecule has 0 aliphatic rings. The fourth-order valence-electron chi connectivity index (χ4n) is 0.387. The number of rotatable bonds is 1. The highest BCUT2D eigenvalue weighted by Gasteiger charge is 2.05. The molecule has 0 aliphatic heterocycles. The summed E-state index contributed by atoms with van der Waals surface area (Å²) in [6, 6.07) is 0. The molecule has 0 aliphatic carbocycles. The van der Waals surface area contributed by atoms with Crippen LogP contribution in [0, 0.1) is 17.3 Å². The molecular weight excluding hydrogens is 184 g/mol. The van der Waals surface area contributed by atoms with Crippen molar-refractivity contribution in [2.45, 2.75) is 20.8 Å². The van der Waals surface area contributed by atoms with Crippen LogP contribution in [0.25, 0.3) is 0 Å². The second-order valence-electron chi connectivity index (χ2n) is 3.23. The van der Waals surface area contributed by atoms with Crippen LogP contribution < -0.4 is 0 Å². The van der Waals surface area contributed by atoms with Gasteiger partial charge in [0, 0.05) is 16.1 Å². The summed E-state index contributed by atoms with van der Waals surface area (Å²) in [5.74, 6) is 4.99. The smallest absolute Gasteiger partial charge is 0.211 e. The lowest BCUT2D eigenvalue weighted by Crippen LogP contribution is -2.01. The van der Waals surface area contributed by atoms with Gasteiger partial charge in [-0.25, -0.2) is 8.42 Å². The molecule has 0 amide bonds. The van der Waals surface area contributed by atoms with Crippen molar-refractivity contribution in [2.75, 3.05) is 5.75 Å². The topological polar surface area (TPSA) is 34.1 Å². The fraction of sp³-hybridized carbons (Fsp3) is 0.714. The van der Waals surface area contributed by atoms with Crippen molar-refractivity contribution in [3.8, 4) is 11.8 Å². The molecule has 64 valence electrons. The van der Waals surface area contributed by atoms with Crippen molar-refractivity contribution in [3.05, 3.63) is 0 Å². The van der Waals surface area contributed by atoms with Gasteiger partial charge in [0.1, 0.15) is 5.75 Å². The Bertz CT molecular complexity index is 274. The first-order chi connectivity index (χ1) is 4.71. The monoisotopic (exact) mass is 194 g/mol. The first kappa shape index (κ1) is 10.8. The molecule has 0 unspecified atom stereocenters. The molecule has 0 saturated carbocycles. The summed E-state index contributed by atoms with van der Waals surface area (Å²) in [5.41, 5.74) is -0.165. The Balaban J connectivity index is 4.16. The van der Waals surface area contributed by atoms with Gasteiger partial charge in [0.25, 0.3) is 0 Å². The Morgan fingerprint density at radius 3 is 2.09 bits per heavy atom. The second kappa shape index (κ2) is 3.46. The molecule has 0 atom stereocenters. The zero-order valence-electron chi connectivity index (χ0n) is 6.81. The molecule has 0 aromatic rings. The van der Waals surface area contributed by atoms with Crippen LogP contribution in [-0.2, 0) is 9.05 Å². The fourth-order valence-corrected chi connectivity index (χ4v) is 0.796.